The smallest absolute Gasteiger partial charge is 0.257 e. The Balaban J connectivity index is 1.52. The Kier molecular flexibility index (Phi) is 4.71. The van der Waals surface area contributed by atoms with Crippen molar-refractivity contribution in [2.75, 3.05) is 31.1 Å². The molecule has 0 saturated carbocycles. The van der Waals surface area contributed by atoms with Crippen LogP contribution in [0.2, 0.25) is 0 Å². The van der Waals surface area contributed by atoms with Gasteiger partial charge in [-0.3, -0.25) is 9.78 Å². The molecule has 3 heterocycles. The highest BCUT2D eigenvalue weighted by Crippen LogP contribution is 2.27. The van der Waals surface area contributed by atoms with Gasteiger partial charge in [0.15, 0.2) is 0 Å². The third-order valence-corrected chi connectivity index (χ3v) is 5.08. The SMILES string of the molecule is CC(C)c1ncncc1C(=O)N1CCN(c2cncc3ccccc23)CC1. The van der Waals surface area contributed by atoms with Crippen LogP contribution in [-0.2, 0) is 0 Å². The highest BCUT2D eigenvalue weighted by molar-refractivity contribution is 5.96. The van der Waals surface area contributed by atoms with E-state index in [4.69, 9.17) is 0 Å². The first-order valence-corrected chi connectivity index (χ1v) is 9.32. The number of amides is 1. The fourth-order valence-electron chi connectivity index (χ4n) is 3.64. The Morgan fingerprint density at radius 3 is 2.56 bits per heavy atom. The summed E-state index contributed by atoms with van der Waals surface area (Å²) in [7, 11) is 0. The lowest BCUT2D eigenvalue weighted by Crippen LogP contribution is -2.49. The summed E-state index contributed by atoms with van der Waals surface area (Å²) in [4.78, 5) is 30.0. The van der Waals surface area contributed by atoms with Crippen molar-refractivity contribution in [3.05, 3.63) is 60.4 Å². The number of piperazine rings is 1. The normalized spacial score (nSPS) is 14.8. The quantitative estimate of drug-likeness (QED) is 0.717. The topological polar surface area (TPSA) is 62.2 Å². The third-order valence-electron chi connectivity index (χ3n) is 5.08. The number of carbonyl (C=O) groups is 1. The number of aromatic nitrogens is 3. The second-order valence-electron chi connectivity index (χ2n) is 7.14. The standard InChI is InChI=1S/C21H23N5O/c1-15(2)20-18(12-23-14-24-20)21(27)26-9-7-25(8-10-26)19-13-22-11-16-5-3-4-6-17(16)19/h3-6,11-15H,7-10H2,1-2H3. The first-order chi connectivity index (χ1) is 13.1. The van der Waals surface area contributed by atoms with E-state index < -0.39 is 0 Å². The van der Waals surface area contributed by atoms with Crippen LogP contribution in [0.1, 0.15) is 35.8 Å². The zero-order valence-electron chi connectivity index (χ0n) is 15.7. The number of nitrogens with zero attached hydrogens (tertiary/aromatic N) is 5. The van der Waals surface area contributed by atoms with Crippen molar-refractivity contribution in [2.24, 2.45) is 0 Å². The van der Waals surface area contributed by atoms with Gasteiger partial charge in [-0.2, -0.15) is 0 Å². The van der Waals surface area contributed by atoms with E-state index in [0.717, 1.165) is 29.9 Å². The van der Waals surface area contributed by atoms with Crippen molar-refractivity contribution in [2.45, 2.75) is 19.8 Å². The van der Waals surface area contributed by atoms with E-state index in [9.17, 15) is 4.79 Å². The minimum Gasteiger partial charge on any atom is -0.366 e. The largest absolute Gasteiger partial charge is 0.366 e. The van der Waals surface area contributed by atoms with Gasteiger partial charge in [0.05, 0.1) is 23.1 Å². The number of carbonyl (C=O) groups excluding carboxylic acids is 1. The first kappa shape index (κ1) is 17.4. The Bertz CT molecular complexity index is 958. The Hall–Kier alpha value is -3.02. The molecule has 4 rings (SSSR count). The molecule has 138 valence electrons. The molecule has 0 spiro atoms. The summed E-state index contributed by atoms with van der Waals surface area (Å²) in [5.41, 5.74) is 2.56. The molecule has 1 aliphatic rings. The van der Waals surface area contributed by atoms with E-state index in [1.54, 1.807) is 6.20 Å². The van der Waals surface area contributed by atoms with E-state index in [-0.39, 0.29) is 11.8 Å². The number of pyridine rings is 1. The molecule has 2 aromatic heterocycles. The van der Waals surface area contributed by atoms with Gasteiger partial charge in [-0.1, -0.05) is 38.1 Å². The third kappa shape index (κ3) is 3.35. The molecule has 3 aromatic rings. The van der Waals surface area contributed by atoms with Gasteiger partial charge < -0.3 is 9.80 Å². The van der Waals surface area contributed by atoms with Crippen LogP contribution in [0.15, 0.2) is 49.2 Å². The number of rotatable bonds is 3. The van der Waals surface area contributed by atoms with E-state index in [0.29, 0.717) is 18.7 Å². The lowest BCUT2D eigenvalue weighted by Gasteiger charge is -2.36. The summed E-state index contributed by atoms with van der Waals surface area (Å²) in [5, 5.41) is 2.34. The Morgan fingerprint density at radius 2 is 1.78 bits per heavy atom. The van der Waals surface area contributed by atoms with Crippen LogP contribution in [0.4, 0.5) is 5.69 Å². The van der Waals surface area contributed by atoms with Crippen LogP contribution in [0, 0.1) is 0 Å². The van der Waals surface area contributed by atoms with Crippen molar-refractivity contribution in [3.8, 4) is 0 Å². The fraction of sp³-hybridized carbons (Fsp3) is 0.333. The average molecular weight is 361 g/mol. The molecule has 0 unspecified atom stereocenters. The summed E-state index contributed by atoms with van der Waals surface area (Å²) in [6, 6.07) is 8.28. The van der Waals surface area contributed by atoms with Crippen LogP contribution in [0.5, 0.6) is 0 Å². The van der Waals surface area contributed by atoms with Gasteiger partial charge in [-0.15, -0.1) is 0 Å². The second-order valence-corrected chi connectivity index (χ2v) is 7.14. The van der Waals surface area contributed by atoms with Crippen LogP contribution >= 0.6 is 0 Å². The molecule has 1 aliphatic heterocycles. The number of anilines is 1. The van der Waals surface area contributed by atoms with Crippen LogP contribution < -0.4 is 4.90 Å². The summed E-state index contributed by atoms with van der Waals surface area (Å²) in [6.45, 7) is 7.01. The van der Waals surface area contributed by atoms with Gasteiger partial charge in [0, 0.05) is 49.3 Å². The van der Waals surface area contributed by atoms with E-state index >= 15 is 0 Å². The maximum Gasteiger partial charge on any atom is 0.257 e. The van der Waals surface area contributed by atoms with Crippen molar-refractivity contribution in [3.63, 3.8) is 0 Å². The van der Waals surface area contributed by atoms with Crippen molar-refractivity contribution in [1.29, 1.82) is 0 Å². The maximum atomic E-state index is 13.0. The maximum absolute atomic E-state index is 13.0. The molecular formula is C21H23N5O. The number of fused-ring (bicyclic) bond motifs is 1. The molecule has 0 radical (unpaired) electrons. The molecular weight excluding hydrogens is 338 g/mol. The minimum absolute atomic E-state index is 0.0231. The number of benzene rings is 1. The van der Waals surface area contributed by atoms with Gasteiger partial charge in [0.25, 0.3) is 5.91 Å². The highest BCUT2D eigenvalue weighted by atomic mass is 16.2. The zero-order chi connectivity index (χ0) is 18.8. The van der Waals surface area contributed by atoms with Crippen molar-refractivity contribution in [1.82, 2.24) is 19.9 Å². The first-order valence-electron chi connectivity index (χ1n) is 9.32. The summed E-state index contributed by atoms with van der Waals surface area (Å²) in [6.07, 6.45) is 6.96. The highest BCUT2D eigenvalue weighted by Gasteiger charge is 2.26. The molecule has 0 atom stereocenters. The predicted octanol–water partition coefficient (Wildman–Crippen LogP) is 3.11. The zero-order valence-corrected chi connectivity index (χ0v) is 15.7. The van der Waals surface area contributed by atoms with Crippen LogP contribution in [0.25, 0.3) is 10.8 Å². The van der Waals surface area contributed by atoms with E-state index in [2.05, 4.69) is 38.1 Å². The van der Waals surface area contributed by atoms with Gasteiger partial charge >= 0.3 is 0 Å². The van der Waals surface area contributed by atoms with Crippen molar-refractivity contribution >= 4 is 22.4 Å². The minimum atomic E-state index is 0.0231. The molecule has 0 N–H and O–H groups in total. The molecule has 0 aliphatic carbocycles. The van der Waals surface area contributed by atoms with Gasteiger partial charge in [0.1, 0.15) is 6.33 Å². The molecule has 0 bridgehead atoms. The van der Waals surface area contributed by atoms with Gasteiger partial charge in [-0.05, 0) is 5.92 Å². The Morgan fingerprint density at radius 1 is 1.00 bits per heavy atom. The average Bonchev–Trinajstić information content (AvgIpc) is 2.73. The summed E-state index contributed by atoms with van der Waals surface area (Å²) < 4.78 is 0. The van der Waals surface area contributed by atoms with Gasteiger partial charge in [0.2, 0.25) is 0 Å². The molecule has 1 amide bonds. The molecule has 27 heavy (non-hydrogen) atoms. The van der Waals surface area contributed by atoms with Gasteiger partial charge in [-0.25, -0.2) is 9.97 Å². The second kappa shape index (κ2) is 7.31. The molecule has 6 nitrogen and oxygen atoms in total. The van der Waals surface area contributed by atoms with Crippen molar-refractivity contribution < 1.29 is 4.79 Å². The summed E-state index contributed by atoms with van der Waals surface area (Å²) in [5.74, 6) is 0.213. The monoisotopic (exact) mass is 361 g/mol. The Labute approximate surface area is 158 Å². The fourth-order valence-corrected chi connectivity index (χ4v) is 3.64. The molecule has 1 fully saturated rings. The summed E-state index contributed by atoms with van der Waals surface area (Å²) >= 11 is 0. The van der Waals surface area contributed by atoms with Crippen LogP contribution in [-0.4, -0.2) is 51.9 Å². The molecule has 6 heteroatoms. The van der Waals surface area contributed by atoms with E-state index in [1.165, 1.54) is 11.7 Å². The van der Waals surface area contributed by atoms with E-state index in [1.807, 2.05) is 37.2 Å². The van der Waals surface area contributed by atoms with Crippen LogP contribution in [0.3, 0.4) is 0 Å². The lowest BCUT2D eigenvalue weighted by molar-refractivity contribution is 0.0744. The molecule has 1 aromatic carbocycles. The number of hydrogen-bond acceptors (Lipinski definition) is 5. The predicted molar refractivity (Wildman–Crippen MR) is 106 cm³/mol. The molecule has 1 saturated heterocycles. The number of hydrogen-bond donors (Lipinski definition) is 0. The lowest BCUT2D eigenvalue weighted by atomic mass is 10.0.